The van der Waals surface area contributed by atoms with E-state index in [0.717, 1.165) is 30.0 Å². The number of hydrogen-bond donors (Lipinski definition) is 1. The molecule has 2 aliphatic carbocycles. The Morgan fingerprint density at radius 2 is 2.23 bits per heavy atom. The molecule has 0 aliphatic heterocycles. The molecule has 22 heavy (non-hydrogen) atoms. The molecular weight excluding hydrogens is 296 g/mol. The van der Waals surface area contributed by atoms with Crippen LogP contribution in [0.5, 0.6) is 0 Å². The first kappa shape index (κ1) is 15.7. The van der Waals surface area contributed by atoms with Crippen molar-refractivity contribution in [2.75, 3.05) is 20.6 Å². The Labute approximate surface area is 138 Å². The van der Waals surface area contributed by atoms with Gasteiger partial charge in [0, 0.05) is 39.6 Å². The van der Waals surface area contributed by atoms with Crippen LogP contribution >= 0.6 is 11.6 Å². The molecule has 4 nitrogen and oxygen atoms in total. The monoisotopic (exact) mass is 322 g/mol. The lowest BCUT2D eigenvalue weighted by Crippen LogP contribution is -2.47. The predicted molar refractivity (Wildman–Crippen MR) is 92.3 cm³/mol. The summed E-state index contributed by atoms with van der Waals surface area (Å²) in [6.45, 7) is 1.88. The van der Waals surface area contributed by atoms with Crippen LogP contribution in [0.25, 0.3) is 0 Å². The SMILES string of the molecule is CN=C(NCC1(C2CC2)CCC1)N(C)Cc1cc(Cl)cn1C. The molecule has 0 amide bonds. The number of aryl methyl sites for hydroxylation is 1. The van der Waals surface area contributed by atoms with Crippen LogP contribution < -0.4 is 5.32 Å². The van der Waals surface area contributed by atoms with Gasteiger partial charge in [-0.2, -0.15) is 0 Å². The van der Waals surface area contributed by atoms with E-state index in [4.69, 9.17) is 11.6 Å². The molecule has 0 spiro atoms. The van der Waals surface area contributed by atoms with Crippen molar-refractivity contribution in [2.24, 2.45) is 23.4 Å². The average Bonchev–Trinajstić information content (AvgIpc) is 3.21. The molecule has 1 heterocycles. The Bertz CT molecular complexity index is 555. The van der Waals surface area contributed by atoms with E-state index in [1.807, 2.05) is 26.4 Å². The van der Waals surface area contributed by atoms with Crippen molar-refractivity contribution in [3.05, 3.63) is 23.0 Å². The number of aromatic nitrogens is 1. The molecule has 1 aromatic heterocycles. The largest absolute Gasteiger partial charge is 0.356 e. The molecule has 0 aromatic carbocycles. The molecule has 2 fully saturated rings. The predicted octanol–water partition coefficient (Wildman–Crippen LogP) is 3.27. The van der Waals surface area contributed by atoms with Crippen LogP contribution in [0.4, 0.5) is 0 Å². The van der Waals surface area contributed by atoms with Crippen molar-refractivity contribution in [1.29, 1.82) is 0 Å². The van der Waals surface area contributed by atoms with E-state index >= 15 is 0 Å². The van der Waals surface area contributed by atoms with Crippen molar-refractivity contribution in [2.45, 2.75) is 38.6 Å². The number of guanidine groups is 1. The van der Waals surface area contributed by atoms with Gasteiger partial charge in [0.2, 0.25) is 0 Å². The molecule has 1 aromatic rings. The standard InChI is InChI=1S/C17H27ClN4/c1-19-16(20-12-17(7-4-8-17)13-5-6-13)22(3)11-15-9-14(18)10-21(15)2/h9-10,13H,4-8,11-12H2,1-3H3,(H,19,20). The second kappa shape index (κ2) is 6.15. The van der Waals surface area contributed by atoms with E-state index in [1.54, 1.807) is 0 Å². The fourth-order valence-corrected chi connectivity index (χ4v) is 4.01. The first-order valence-electron chi connectivity index (χ1n) is 8.26. The third kappa shape index (κ3) is 3.12. The zero-order chi connectivity index (χ0) is 15.7. The van der Waals surface area contributed by atoms with Gasteiger partial charge < -0.3 is 14.8 Å². The van der Waals surface area contributed by atoms with Crippen LogP contribution in [-0.2, 0) is 13.6 Å². The highest BCUT2D eigenvalue weighted by molar-refractivity contribution is 6.30. The number of aliphatic imine (C=N–C) groups is 1. The lowest BCUT2D eigenvalue weighted by molar-refractivity contribution is 0.105. The zero-order valence-electron chi connectivity index (χ0n) is 13.9. The van der Waals surface area contributed by atoms with E-state index in [9.17, 15) is 0 Å². The van der Waals surface area contributed by atoms with Crippen LogP contribution in [0.2, 0.25) is 5.02 Å². The van der Waals surface area contributed by atoms with E-state index in [-0.39, 0.29) is 0 Å². The Morgan fingerprint density at radius 3 is 2.68 bits per heavy atom. The first-order chi connectivity index (χ1) is 10.5. The van der Waals surface area contributed by atoms with E-state index < -0.39 is 0 Å². The molecule has 5 heteroatoms. The van der Waals surface area contributed by atoms with E-state index in [1.165, 1.54) is 37.8 Å². The second-order valence-corrected chi connectivity index (χ2v) is 7.44. The Kier molecular flexibility index (Phi) is 4.40. The van der Waals surface area contributed by atoms with Gasteiger partial charge in [-0.3, -0.25) is 4.99 Å². The smallest absolute Gasteiger partial charge is 0.193 e. The summed E-state index contributed by atoms with van der Waals surface area (Å²) in [5.41, 5.74) is 1.75. The summed E-state index contributed by atoms with van der Waals surface area (Å²) in [5.74, 6) is 1.94. The minimum absolute atomic E-state index is 0.561. The molecule has 1 N–H and O–H groups in total. The maximum atomic E-state index is 6.07. The average molecular weight is 323 g/mol. The molecule has 2 saturated carbocycles. The van der Waals surface area contributed by atoms with Gasteiger partial charge >= 0.3 is 0 Å². The normalized spacial score (nSPS) is 20.6. The van der Waals surface area contributed by atoms with Gasteiger partial charge in [-0.25, -0.2) is 0 Å². The van der Waals surface area contributed by atoms with Crippen molar-refractivity contribution in [1.82, 2.24) is 14.8 Å². The molecule has 122 valence electrons. The van der Waals surface area contributed by atoms with Crippen LogP contribution in [0.1, 0.15) is 37.8 Å². The molecule has 0 unspecified atom stereocenters. The maximum absolute atomic E-state index is 6.07. The van der Waals surface area contributed by atoms with Gasteiger partial charge in [0.05, 0.1) is 11.6 Å². The zero-order valence-corrected chi connectivity index (χ0v) is 14.7. The molecule has 0 bridgehead atoms. The second-order valence-electron chi connectivity index (χ2n) is 7.01. The quantitative estimate of drug-likeness (QED) is 0.666. The van der Waals surface area contributed by atoms with Gasteiger partial charge in [-0.15, -0.1) is 0 Å². The lowest BCUT2D eigenvalue weighted by Gasteiger charge is -2.43. The maximum Gasteiger partial charge on any atom is 0.193 e. The van der Waals surface area contributed by atoms with Crippen molar-refractivity contribution in [3.8, 4) is 0 Å². The Balaban J connectivity index is 1.58. The van der Waals surface area contributed by atoms with Gasteiger partial charge in [-0.1, -0.05) is 18.0 Å². The minimum Gasteiger partial charge on any atom is -0.356 e. The summed E-state index contributed by atoms with van der Waals surface area (Å²) >= 11 is 6.07. The summed E-state index contributed by atoms with van der Waals surface area (Å²) in [6.07, 6.45) is 8.97. The summed E-state index contributed by atoms with van der Waals surface area (Å²) < 4.78 is 2.07. The van der Waals surface area contributed by atoms with Gasteiger partial charge in [0.15, 0.2) is 5.96 Å². The van der Waals surface area contributed by atoms with Gasteiger partial charge in [0.25, 0.3) is 0 Å². The molecule has 2 aliphatic rings. The summed E-state index contributed by atoms with van der Waals surface area (Å²) in [4.78, 5) is 6.62. The number of rotatable bonds is 5. The highest BCUT2D eigenvalue weighted by Crippen LogP contribution is 2.56. The Hall–Kier alpha value is -1.16. The van der Waals surface area contributed by atoms with Crippen molar-refractivity contribution in [3.63, 3.8) is 0 Å². The minimum atomic E-state index is 0.561. The third-order valence-corrected chi connectivity index (χ3v) is 5.65. The Morgan fingerprint density at radius 1 is 1.50 bits per heavy atom. The van der Waals surface area contributed by atoms with Crippen molar-refractivity contribution >= 4 is 17.6 Å². The van der Waals surface area contributed by atoms with Gasteiger partial charge in [-0.05, 0) is 43.1 Å². The highest BCUT2D eigenvalue weighted by Gasteiger charge is 2.48. The number of nitrogens with one attached hydrogen (secondary N) is 1. The highest BCUT2D eigenvalue weighted by atomic mass is 35.5. The van der Waals surface area contributed by atoms with Gasteiger partial charge in [0.1, 0.15) is 0 Å². The van der Waals surface area contributed by atoms with Crippen LogP contribution in [-0.4, -0.2) is 36.1 Å². The van der Waals surface area contributed by atoms with Crippen molar-refractivity contribution < 1.29 is 0 Å². The van der Waals surface area contributed by atoms with Crippen LogP contribution in [0.3, 0.4) is 0 Å². The summed E-state index contributed by atoms with van der Waals surface area (Å²) in [6, 6.07) is 2.02. The molecular formula is C17H27ClN4. The third-order valence-electron chi connectivity index (χ3n) is 5.44. The first-order valence-corrected chi connectivity index (χ1v) is 8.64. The van der Waals surface area contributed by atoms with E-state index in [2.05, 4.69) is 26.8 Å². The van der Waals surface area contributed by atoms with Crippen LogP contribution in [0.15, 0.2) is 17.3 Å². The lowest BCUT2D eigenvalue weighted by atomic mass is 9.65. The summed E-state index contributed by atoms with van der Waals surface area (Å²) in [5, 5.41) is 4.40. The molecule has 3 rings (SSSR count). The summed E-state index contributed by atoms with van der Waals surface area (Å²) in [7, 11) is 5.98. The van der Waals surface area contributed by atoms with Crippen LogP contribution in [0, 0.1) is 11.3 Å². The fourth-order valence-electron chi connectivity index (χ4n) is 3.74. The fraction of sp³-hybridized carbons (Fsp3) is 0.706. The topological polar surface area (TPSA) is 32.6 Å². The number of halogens is 1. The molecule has 0 saturated heterocycles. The molecule has 0 atom stereocenters. The molecule has 0 radical (unpaired) electrons. The number of nitrogens with zero attached hydrogens (tertiary/aromatic N) is 3. The van der Waals surface area contributed by atoms with E-state index in [0.29, 0.717) is 5.41 Å². The number of hydrogen-bond acceptors (Lipinski definition) is 1.